The predicted molar refractivity (Wildman–Crippen MR) is 98.7 cm³/mol. The summed E-state index contributed by atoms with van der Waals surface area (Å²) in [5.41, 5.74) is 1.41. The molecule has 0 radical (unpaired) electrons. The van der Waals surface area contributed by atoms with Crippen LogP contribution in [0.4, 0.5) is 4.79 Å². The number of hydrogen-bond acceptors (Lipinski definition) is 4. The van der Waals surface area contributed by atoms with Crippen LogP contribution in [0.15, 0.2) is 24.3 Å². The summed E-state index contributed by atoms with van der Waals surface area (Å²) in [5.74, 6) is 0.0862. The van der Waals surface area contributed by atoms with Gasteiger partial charge < -0.3 is 15.4 Å². The van der Waals surface area contributed by atoms with Crippen molar-refractivity contribution in [1.29, 1.82) is 0 Å². The van der Waals surface area contributed by atoms with Crippen LogP contribution >= 0.6 is 0 Å². The molecule has 1 saturated heterocycles. The summed E-state index contributed by atoms with van der Waals surface area (Å²) in [5, 5.41) is 5.96. The van der Waals surface area contributed by atoms with Gasteiger partial charge in [-0.3, -0.25) is 4.79 Å². The Balaban J connectivity index is 2.07. The maximum Gasteiger partial charge on any atom is 0.408 e. The van der Waals surface area contributed by atoms with Gasteiger partial charge in [-0.25, -0.2) is 4.79 Å². The Hall–Kier alpha value is -1.88. The van der Waals surface area contributed by atoms with E-state index in [9.17, 15) is 9.59 Å². The fourth-order valence-electron chi connectivity index (χ4n) is 3.29. The highest BCUT2D eigenvalue weighted by atomic mass is 16.6. The smallest absolute Gasteiger partial charge is 0.408 e. The van der Waals surface area contributed by atoms with E-state index >= 15 is 0 Å². The van der Waals surface area contributed by atoms with E-state index < -0.39 is 17.1 Å². The second-order valence-corrected chi connectivity index (χ2v) is 7.91. The van der Waals surface area contributed by atoms with Crippen molar-refractivity contribution in [2.45, 2.75) is 52.6 Å². The van der Waals surface area contributed by atoms with Gasteiger partial charge in [0.1, 0.15) is 5.60 Å². The molecule has 1 fully saturated rings. The second kappa shape index (κ2) is 8.00. The van der Waals surface area contributed by atoms with Crippen LogP contribution in [0.2, 0.25) is 0 Å². The molecule has 1 amide bonds. The number of nitrogens with one attached hydrogen (secondary N) is 2. The molecule has 1 aromatic rings. The summed E-state index contributed by atoms with van der Waals surface area (Å²) in [6.07, 6.45) is 1.75. The van der Waals surface area contributed by atoms with Crippen molar-refractivity contribution in [3.8, 4) is 0 Å². The minimum Gasteiger partial charge on any atom is -0.444 e. The van der Waals surface area contributed by atoms with E-state index in [0.29, 0.717) is 0 Å². The number of ether oxygens (including phenoxy) is 1. The Morgan fingerprint density at radius 2 is 1.84 bits per heavy atom. The lowest BCUT2D eigenvalue weighted by Crippen LogP contribution is -2.48. The SMILES string of the molecule is Cc1ccccc1CC1(C(=O)CNC(=O)OC(C)(C)C)CCNCC1. The number of ketones is 1. The first-order valence-electron chi connectivity index (χ1n) is 8.97. The zero-order valence-corrected chi connectivity index (χ0v) is 15.8. The normalized spacial score (nSPS) is 17.0. The molecule has 5 nitrogen and oxygen atoms in total. The van der Waals surface area contributed by atoms with Crippen molar-refractivity contribution in [1.82, 2.24) is 10.6 Å². The molecule has 1 aliphatic heterocycles. The minimum atomic E-state index is -0.569. The first-order valence-corrected chi connectivity index (χ1v) is 8.97. The van der Waals surface area contributed by atoms with Crippen LogP contribution in [-0.2, 0) is 16.0 Å². The molecule has 138 valence electrons. The summed E-state index contributed by atoms with van der Waals surface area (Å²) in [6, 6.07) is 8.20. The van der Waals surface area contributed by atoms with Crippen LogP contribution < -0.4 is 10.6 Å². The largest absolute Gasteiger partial charge is 0.444 e. The highest BCUT2D eigenvalue weighted by Crippen LogP contribution is 2.34. The van der Waals surface area contributed by atoms with Crippen molar-refractivity contribution < 1.29 is 14.3 Å². The molecule has 25 heavy (non-hydrogen) atoms. The van der Waals surface area contributed by atoms with Gasteiger partial charge in [0.05, 0.1) is 6.54 Å². The Morgan fingerprint density at radius 3 is 2.44 bits per heavy atom. The molecule has 0 atom stereocenters. The van der Waals surface area contributed by atoms with Gasteiger partial charge in [0.25, 0.3) is 0 Å². The number of benzene rings is 1. The second-order valence-electron chi connectivity index (χ2n) is 7.91. The summed E-state index contributed by atoms with van der Waals surface area (Å²) in [4.78, 5) is 24.9. The van der Waals surface area contributed by atoms with Crippen LogP contribution in [0.5, 0.6) is 0 Å². The van der Waals surface area contributed by atoms with Crippen molar-refractivity contribution >= 4 is 11.9 Å². The van der Waals surface area contributed by atoms with Crippen molar-refractivity contribution in [3.63, 3.8) is 0 Å². The molecule has 0 spiro atoms. The van der Waals surface area contributed by atoms with Crippen LogP contribution in [0, 0.1) is 12.3 Å². The molecule has 0 aromatic heterocycles. The Kier molecular flexibility index (Phi) is 6.22. The summed E-state index contributed by atoms with van der Waals surface area (Å²) < 4.78 is 5.23. The third kappa shape index (κ3) is 5.56. The first kappa shape index (κ1) is 19.4. The third-order valence-corrected chi connectivity index (χ3v) is 4.73. The third-order valence-electron chi connectivity index (χ3n) is 4.73. The summed E-state index contributed by atoms with van der Waals surface area (Å²) >= 11 is 0. The van der Waals surface area contributed by atoms with Crippen molar-refractivity contribution in [2.24, 2.45) is 5.41 Å². The van der Waals surface area contributed by atoms with Gasteiger partial charge in [0, 0.05) is 5.41 Å². The molecular formula is C20H30N2O3. The Morgan fingerprint density at radius 1 is 1.20 bits per heavy atom. The number of Topliss-reactive ketones (excluding diaryl/α,β-unsaturated/α-hetero) is 1. The maximum absolute atomic E-state index is 13.0. The quantitative estimate of drug-likeness (QED) is 0.860. The van der Waals surface area contributed by atoms with E-state index in [1.165, 1.54) is 11.1 Å². The van der Waals surface area contributed by atoms with Gasteiger partial charge in [-0.2, -0.15) is 0 Å². The monoisotopic (exact) mass is 346 g/mol. The lowest BCUT2D eigenvalue weighted by Gasteiger charge is -2.37. The highest BCUT2D eigenvalue weighted by molar-refractivity contribution is 5.89. The molecule has 2 N–H and O–H groups in total. The fraction of sp³-hybridized carbons (Fsp3) is 0.600. The zero-order chi connectivity index (χ0) is 18.5. The van der Waals surface area contributed by atoms with E-state index in [2.05, 4.69) is 29.7 Å². The van der Waals surface area contributed by atoms with Crippen LogP contribution in [0.1, 0.15) is 44.7 Å². The van der Waals surface area contributed by atoms with E-state index in [4.69, 9.17) is 4.74 Å². The number of alkyl carbamates (subject to hydrolysis) is 1. The van der Waals surface area contributed by atoms with Crippen molar-refractivity contribution in [3.05, 3.63) is 35.4 Å². The molecule has 0 unspecified atom stereocenters. The predicted octanol–water partition coefficient (Wildman–Crippen LogP) is 3.00. The standard InChI is InChI=1S/C20H30N2O3/c1-15-7-5-6-8-16(15)13-20(9-11-21-12-10-20)17(23)14-22-18(24)25-19(2,3)4/h5-8,21H,9-14H2,1-4H3,(H,22,24). The van der Waals surface area contributed by atoms with E-state index in [-0.39, 0.29) is 12.3 Å². The number of carbonyl (C=O) groups excluding carboxylic acids is 2. The average molecular weight is 346 g/mol. The fourth-order valence-corrected chi connectivity index (χ4v) is 3.29. The molecule has 0 saturated carbocycles. The molecule has 2 rings (SSSR count). The van der Waals surface area contributed by atoms with Gasteiger partial charge in [-0.05, 0) is 71.2 Å². The molecule has 1 aromatic carbocycles. The Bertz CT molecular complexity index is 614. The topological polar surface area (TPSA) is 67.4 Å². The number of aryl methyl sites for hydroxylation is 1. The van der Waals surface area contributed by atoms with Gasteiger partial charge in [0.15, 0.2) is 5.78 Å². The van der Waals surface area contributed by atoms with Crippen molar-refractivity contribution in [2.75, 3.05) is 19.6 Å². The average Bonchev–Trinajstić information content (AvgIpc) is 2.54. The first-order chi connectivity index (χ1) is 11.7. The van der Waals surface area contributed by atoms with Crippen LogP contribution in [0.25, 0.3) is 0 Å². The van der Waals surface area contributed by atoms with Crippen LogP contribution in [-0.4, -0.2) is 37.1 Å². The molecule has 1 aliphatic rings. The zero-order valence-electron chi connectivity index (χ0n) is 15.8. The number of rotatable bonds is 5. The van der Waals surface area contributed by atoms with E-state index in [0.717, 1.165) is 32.4 Å². The number of hydrogen-bond donors (Lipinski definition) is 2. The number of piperidine rings is 1. The van der Waals surface area contributed by atoms with Gasteiger partial charge in [-0.15, -0.1) is 0 Å². The molecular weight excluding hydrogens is 316 g/mol. The molecule has 5 heteroatoms. The molecule has 0 aliphatic carbocycles. The molecule has 0 bridgehead atoms. The van der Waals surface area contributed by atoms with E-state index in [1.54, 1.807) is 20.8 Å². The summed E-state index contributed by atoms with van der Waals surface area (Å²) in [6.45, 7) is 9.16. The number of amides is 1. The highest BCUT2D eigenvalue weighted by Gasteiger charge is 2.39. The lowest BCUT2D eigenvalue weighted by molar-refractivity contribution is -0.129. The van der Waals surface area contributed by atoms with Crippen LogP contribution in [0.3, 0.4) is 0 Å². The maximum atomic E-state index is 13.0. The lowest BCUT2D eigenvalue weighted by atomic mass is 9.70. The van der Waals surface area contributed by atoms with Gasteiger partial charge in [-0.1, -0.05) is 24.3 Å². The Labute approximate surface area is 150 Å². The number of carbonyl (C=O) groups is 2. The minimum absolute atomic E-state index is 0.0147. The van der Waals surface area contributed by atoms with Gasteiger partial charge >= 0.3 is 6.09 Å². The van der Waals surface area contributed by atoms with Gasteiger partial charge in [0.2, 0.25) is 0 Å². The van der Waals surface area contributed by atoms with E-state index in [1.807, 2.05) is 12.1 Å². The summed E-state index contributed by atoms with van der Waals surface area (Å²) in [7, 11) is 0. The molecule has 1 heterocycles.